The minimum atomic E-state index is -0.284. The van der Waals surface area contributed by atoms with Crippen molar-refractivity contribution in [2.24, 2.45) is 0 Å². The summed E-state index contributed by atoms with van der Waals surface area (Å²) in [6.45, 7) is 1.41. The van der Waals surface area contributed by atoms with Crippen LogP contribution in [0.4, 0.5) is 10.2 Å². The van der Waals surface area contributed by atoms with Gasteiger partial charge in [-0.1, -0.05) is 12.1 Å². The van der Waals surface area contributed by atoms with Crippen LogP contribution in [-0.4, -0.2) is 49.6 Å². The van der Waals surface area contributed by atoms with Crippen LogP contribution < -0.4 is 4.90 Å². The van der Waals surface area contributed by atoms with Crippen molar-refractivity contribution >= 4 is 11.7 Å². The summed E-state index contributed by atoms with van der Waals surface area (Å²) in [7, 11) is 3.72. The van der Waals surface area contributed by atoms with Crippen molar-refractivity contribution in [3.8, 4) is 0 Å². The Labute approximate surface area is 140 Å². The maximum absolute atomic E-state index is 13.1. The molecule has 126 valence electrons. The molecule has 1 aliphatic heterocycles. The van der Waals surface area contributed by atoms with Gasteiger partial charge in [-0.2, -0.15) is 0 Å². The zero-order valence-corrected chi connectivity index (χ0v) is 13.8. The molecule has 1 saturated heterocycles. The Morgan fingerprint density at radius 2 is 2.04 bits per heavy atom. The SMILES string of the molecule is CN(C)c1ncccc1C(=O)N1CCOC(c2ccc(F)cc2)C1. The van der Waals surface area contributed by atoms with Gasteiger partial charge < -0.3 is 14.5 Å². The number of nitrogens with zero attached hydrogens (tertiary/aromatic N) is 3. The minimum absolute atomic E-state index is 0.0674. The molecule has 0 N–H and O–H groups in total. The Bertz CT molecular complexity index is 718. The zero-order valence-electron chi connectivity index (χ0n) is 13.8. The number of hydrogen-bond acceptors (Lipinski definition) is 4. The van der Waals surface area contributed by atoms with Gasteiger partial charge in [-0.25, -0.2) is 9.37 Å². The molecule has 3 rings (SSSR count). The highest BCUT2D eigenvalue weighted by molar-refractivity contribution is 5.98. The molecule has 1 unspecified atom stereocenters. The summed E-state index contributed by atoms with van der Waals surface area (Å²) in [5.74, 6) is 0.294. The molecular weight excluding hydrogens is 309 g/mol. The molecule has 1 aliphatic rings. The van der Waals surface area contributed by atoms with Gasteiger partial charge in [0, 0.05) is 26.8 Å². The van der Waals surface area contributed by atoms with Crippen molar-refractivity contribution in [2.75, 3.05) is 38.7 Å². The zero-order chi connectivity index (χ0) is 17.1. The Hall–Kier alpha value is -2.47. The van der Waals surface area contributed by atoms with E-state index in [-0.39, 0.29) is 17.8 Å². The van der Waals surface area contributed by atoms with Crippen LogP contribution in [0, 0.1) is 5.82 Å². The molecule has 0 bridgehead atoms. The molecule has 0 spiro atoms. The molecule has 5 nitrogen and oxygen atoms in total. The Kier molecular flexibility index (Phi) is 4.76. The first-order valence-electron chi connectivity index (χ1n) is 7.85. The molecular formula is C18H20FN3O2. The van der Waals surface area contributed by atoms with Gasteiger partial charge in [-0.05, 0) is 29.8 Å². The number of hydrogen-bond donors (Lipinski definition) is 0. The van der Waals surface area contributed by atoms with Crippen LogP contribution in [-0.2, 0) is 4.74 Å². The normalized spacial score (nSPS) is 17.6. The molecule has 6 heteroatoms. The molecule has 24 heavy (non-hydrogen) atoms. The van der Waals surface area contributed by atoms with Crippen LogP contribution in [0.3, 0.4) is 0 Å². The van der Waals surface area contributed by atoms with E-state index < -0.39 is 0 Å². The third-order valence-electron chi connectivity index (χ3n) is 4.04. The van der Waals surface area contributed by atoms with E-state index >= 15 is 0 Å². The maximum Gasteiger partial charge on any atom is 0.257 e. The number of rotatable bonds is 3. The molecule has 0 aliphatic carbocycles. The average Bonchev–Trinajstić information content (AvgIpc) is 2.62. The number of benzene rings is 1. The summed E-state index contributed by atoms with van der Waals surface area (Å²) in [6, 6.07) is 9.76. The molecule has 2 aromatic rings. The smallest absolute Gasteiger partial charge is 0.257 e. The van der Waals surface area contributed by atoms with Gasteiger partial charge in [-0.3, -0.25) is 4.79 Å². The number of halogens is 1. The van der Waals surface area contributed by atoms with E-state index in [1.165, 1.54) is 12.1 Å². The van der Waals surface area contributed by atoms with Crippen molar-refractivity contribution in [3.05, 3.63) is 59.5 Å². The fraction of sp³-hybridized carbons (Fsp3) is 0.333. The quantitative estimate of drug-likeness (QED) is 0.868. The molecule has 1 aromatic heterocycles. The van der Waals surface area contributed by atoms with Gasteiger partial charge in [0.05, 0.1) is 18.7 Å². The second kappa shape index (κ2) is 6.97. The monoisotopic (exact) mass is 329 g/mol. The third-order valence-corrected chi connectivity index (χ3v) is 4.04. The highest BCUT2D eigenvalue weighted by Crippen LogP contribution is 2.25. The lowest BCUT2D eigenvalue weighted by atomic mass is 10.1. The van der Waals surface area contributed by atoms with Gasteiger partial charge in [0.2, 0.25) is 0 Å². The number of morpholine rings is 1. The number of aromatic nitrogens is 1. The average molecular weight is 329 g/mol. The molecule has 0 radical (unpaired) electrons. The van der Waals surface area contributed by atoms with Crippen molar-refractivity contribution in [1.82, 2.24) is 9.88 Å². The lowest BCUT2D eigenvalue weighted by Crippen LogP contribution is -2.42. The van der Waals surface area contributed by atoms with Crippen molar-refractivity contribution in [2.45, 2.75) is 6.10 Å². The van der Waals surface area contributed by atoms with E-state index in [9.17, 15) is 9.18 Å². The summed E-state index contributed by atoms with van der Waals surface area (Å²) >= 11 is 0. The van der Waals surface area contributed by atoms with Crippen LogP contribution in [0.25, 0.3) is 0 Å². The number of amides is 1. The van der Waals surface area contributed by atoms with Gasteiger partial charge >= 0.3 is 0 Å². The van der Waals surface area contributed by atoms with Crippen LogP contribution >= 0.6 is 0 Å². The summed E-state index contributed by atoms with van der Waals surface area (Å²) in [4.78, 5) is 20.8. The number of carbonyl (C=O) groups is 1. The van der Waals surface area contributed by atoms with Crippen LogP contribution in [0.2, 0.25) is 0 Å². The standard InChI is InChI=1S/C18H20FN3O2/c1-21(2)17-15(4-3-9-20-17)18(23)22-10-11-24-16(12-22)13-5-7-14(19)8-6-13/h3-9,16H,10-12H2,1-2H3. The predicted octanol–water partition coefficient (Wildman–Crippen LogP) is 2.50. The van der Waals surface area contributed by atoms with E-state index in [4.69, 9.17) is 4.74 Å². The number of ether oxygens (including phenoxy) is 1. The van der Waals surface area contributed by atoms with Gasteiger partial charge in [0.1, 0.15) is 17.7 Å². The summed E-state index contributed by atoms with van der Waals surface area (Å²) in [5.41, 5.74) is 1.44. The highest BCUT2D eigenvalue weighted by Gasteiger charge is 2.28. The highest BCUT2D eigenvalue weighted by atomic mass is 19.1. The van der Waals surface area contributed by atoms with Gasteiger partial charge in [0.15, 0.2) is 0 Å². The van der Waals surface area contributed by atoms with E-state index in [0.717, 1.165) is 5.56 Å². The van der Waals surface area contributed by atoms with Crippen molar-refractivity contribution in [3.63, 3.8) is 0 Å². The fourth-order valence-corrected chi connectivity index (χ4v) is 2.80. The van der Waals surface area contributed by atoms with E-state index in [1.807, 2.05) is 19.0 Å². The van der Waals surface area contributed by atoms with Gasteiger partial charge in [0.25, 0.3) is 5.91 Å². The predicted molar refractivity (Wildman–Crippen MR) is 89.6 cm³/mol. The van der Waals surface area contributed by atoms with E-state index in [1.54, 1.807) is 35.4 Å². The van der Waals surface area contributed by atoms with Crippen LogP contribution in [0.1, 0.15) is 22.0 Å². The largest absolute Gasteiger partial charge is 0.370 e. The third kappa shape index (κ3) is 3.38. The minimum Gasteiger partial charge on any atom is -0.370 e. The number of carbonyl (C=O) groups excluding carboxylic acids is 1. The summed E-state index contributed by atoms with van der Waals surface area (Å²) < 4.78 is 18.8. The molecule has 2 heterocycles. The van der Waals surface area contributed by atoms with Crippen molar-refractivity contribution < 1.29 is 13.9 Å². The first kappa shape index (κ1) is 16.4. The van der Waals surface area contributed by atoms with Gasteiger partial charge in [-0.15, -0.1) is 0 Å². The van der Waals surface area contributed by atoms with E-state index in [0.29, 0.717) is 31.1 Å². The molecule has 1 aromatic carbocycles. The summed E-state index contributed by atoms with van der Waals surface area (Å²) in [6.07, 6.45) is 1.43. The first-order chi connectivity index (χ1) is 11.6. The Balaban J connectivity index is 1.80. The second-order valence-corrected chi connectivity index (χ2v) is 5.93. The van der Waals surface area contributed by atoms with E-state index in [2.05, 4.69) is 4.98 Å². The molecule has 0 saturated carbocycles. The van der Waals surface area contributed by atoms with Crippen LogP contribution in [0.5, 0.6) is 0 Å². The lowest BCUT2D eigenvalue weighted by molar-refractivity contribution is -0.0228. The Morgan fingerprint density at radius 1 is 1.29 bits per heavy atom. The second-order valence-electron chi connectivity index (χ2n) is 5.93. The topological polar surface area (TPSA) is 45.7 Å². The number of anilines is 1. The van der Waals surface area contributed by atoms with Crippen LogP contribution in [0.15, 0.2) is 42.6 Å². The lowest BCUT2D eigenvalue weighted by Gasteiger charge is -2.33. The Morgan fingerprint density at radius 3 is 2.75 bits per heavy atom. The summed E-state index contributed by atoms with van der Waals surface area (Å²) in [5, 5.41) is 0. The molecule has 1 fully saturated rings. The molecule has 1 atom stereocenters. The fourth-order valence-electron chi connectivity index (χ4n) is 2.80. The first-order valence-corrected chi connectivity index (χ1v) is 7.85. The maximum atomic E-state index is 13.1. The molecule has 1 amide bonds. The van der Waals surface area contributed by atoms with Crippen molar-refractivity contribution in [1.29, 1.82) is 0 Å². The number of pyridine rings is 1.